The molecule has 0 aliphatic carbocycles. The molecule has 1 unspecified atom stereocenters. The van der Waals surface area contributed by atoms with Crippen LogP contribution in [0.1, 0.15) is 23.6 Å². The molecule has 0 radical (unpaired) electrons. The van der Waals surface area contributed by atoms with Crippen LogP contribution in [0.2, 0.25) is 0 Å². The molecule has 0 aliphatic heterocycles. The van der Waals surface area contributed by atoms with E-state index in [1.54, 1.807) is 13.2 Å². The summed E-state index contributed by atoms with van der Waals surface area (Å²) in [4.78, 5) is 22.6. The van der Waals surface area contributed by atoms with Gasteiger partial charge < -0.3 is 14.8 Å². The van der Waals surface area contributed by atoms with E-state index >= 15 is 0 Å². The van der Waals surface area contributed by atoms with Crippen LogP contribution in [0.3, 0.4) is 0 Å². The van der Waals surface area contributed by atoms with Gasteiger partial charge in [0.05, 0.1) is 18.6 Å². The van der Waals surface area contributed by atoms with E-state index in [1.807, 2.05) is 26.0 Å². The normalized spacial score (nSPS) is 12.3. The number of furan rings is 1. The number of amides is 1. The molecule has 1 amide bonds. The Bertz CT molecular complexity index is 687. The van der Waals surface area contributed by atoms with Crippen molar-refractivity contribution in [3.8, 4) is 0 Å². The fourth-order valence-electron chi connectivity index (χ4n) is 2.06. The van der Waals surface area contributed by atoms with Crippen LogP contribution in [-0.2, 0) is 16.0 Å². The minimum Gasteiger partial charge on any atom is -0.481 e. The van der Waals surface area contributed by atoms with Gasteiger partial charge in [-0.25, -0.2) is 0 Å². The minimum atomic E-state index is -0.921. The standard InChI is InChI=1S/C16H19NO4/c1-9-4-13-12(8-21-14(13)5-10(9)2)6-15(18)17-7-11(3)16(19)20/h4-5,8,11H,6-7H2,1-3H3,(H,17,18)(H,19,20). The first kappa shape index (κ1) is 15.1. The molecule has 21 heavy (non-hydrogen) atoms. The number of carbonyl (C=O) groups is 2. The van der Waals surface area contributed by atoms with E-state index in [1.165, 1.54) is 0 Å². The quantitative estimate of drug-likeness (QED) is 0.886. The number of hydrogen-bond acceptors (Lipinski definition) is 3. The van der Waals surface area contributed by atoms with Crippen LogP contribution >= 0.6 is 0 Å². The SMILES string of the molecule is Cc1cc2occ(CC(=O)NCC(C)C(=O)O)c2cc1C. The molecule has 1 atom stereocenters. The zero-order valence-electron chi connectivity index (χ0n) is 12.4. The van der Waals surface area contributed by atoms with Crippen LogP contribution in [0.4, 0.5) is 0 Å². The summed E-state index contributed by atoms with van der Waals surface area (Å²) in [6.45, 7) is 5.71. The lowest BCUT2D eigenvalue weighted by molar-refractivity contribution is -0.141. The highest BCUT2D eigenvalue weighted by atomic mass is 16.4. The van der Waals surface area contributed by atoms with Crippen LogP contribution in [0.15, 0.2) is 22.8 Å². The third kappa shape index (κ3) is 3.42. The Morgan fingerprint density at radius 1 is 1.29 bits per heavy atom. The van der Waals surface area contributed by atoms with E-state index in [0.717, 1.165) is 27.7 Å². The van der Waals surface area contributed by atoms with E-state index < -0.39 is 11.9 Å². The second-order valence-electron chi connectivity index (χ2n) is 5.41. The Kier molecular flexibility index (Phi) is 4.31. The van der Waals surface area contributed by atoms with Crippen LogP contribution in [0.25, 0.3) is 11.0 Å². The van der Waals surface area contributed by atoms with Crippen molar-refractivity contribution in [1.82, 2.24) is 5.32 Å². The lowest BCUT2D eigenvalue weighted by Crippen LogP contribution is -2.32. The van der Waals surface area contributed by atoms with Crippen molar-refractivity contribution in [2.75, 3.05) is 6.54 Å². The van der Waals surface area contributed by atoms with E-state index in [0.29, 0.717) is 0 Å². The van der Waals surface area contributed by atoms with Gasteiger partial charge >= 0.3 is 5.97 Å². The van der Waals surface area contributed by atoms with Crippen molar-refractivity contribution in [2.24, 2.45) is 5.92 Å². The summed E-state index contributed by atoms with van der Waals surface area (Å²) < 4.78 is 5.48. The van der Waals surface area contributed by atoms with E-state index in [2.05, 4.69) is 5.32 Å². The average molecular weight is 289 g/mol. The Hall–Kier alpha value is -2.30. The fourth-order valence-corrected chi connectivity index (χ4v) is 2.06. The molecular formula is C16H19NO4. The van der Waals surface area contributed by atoms with E-state index in [9.17, 15) is 9.59 Å². The number of fused-ring (bicyclic) bond motifs is 1. The Labute approximate surface area is 122 Å². The van der Waals surface area contributed by atoms with Crippen molar-refractivity contribution in [3.05, 3.63) is 35.1 Å². The Morgan fingerprint density at radius 3 is 2.62 bits per heavy atom. The molecule has 5 nitrogen and oxygen atoms in total. The van der Waals surface area contributed by atoms with E-state index in [-0.39, 0.29) is 18.9 Å². The van der Waals surface area contributed by atoms with Gasteiger partial charge in [0, 0.05) is 17.5 Å². The molecule has 112 valence electrons. The summed E-state index contributed by atoms with van der Waals surface area (Å²) >= 11 is 0. The Morgan fingerprint density at radius 2 is 1.95 bits per heavy atom. The van der Waals surface area contributed by atoms with E-state index in [4.69, 9.17) is 9.52 Å². The summed E-state index contributed by atoms with van der Waals surface area (Å²) in [5.41, 5.74) is 3.86. The molecular weight excluding hydrogens is 270 g/mol. The van der Waals surface area contributed by atoms with Crippen molar-refractivity contribution < 1.29 is 19.1 Å². The van der Waals surface area contributed by atoms with Gasteiger partial charge in [-0.1, -0.05) is 6.92 Å². The van der Waals surface area contributed by atoms with Crippen LogP contribution in [-0.4, -0.2) is 23.5 Å². The smallest absolute Gasteiger partial charge is 0.308 e. The zero-order chi connectivity index (χ0) is 15.6. The highest BCUT2D eigenvalue weighted by Crippen LogP contribution is 2.25. The summed E-state index contributed by atoms with van der Waals surface area (Å²) in [5.74, 6) is -1.72. The lowest BCUT2D eigenvalue weighted by atomic mass is 10.0. The van der Waals surface area contributed by atoms with Gasteiger partial charge in [-0.05, 0) is 37.1 Å². The summed E-state index contributed by atoms with van der Waals surface area (Å²) in [5, 5.41) is 12.3. The molecule has 1 aromatic heterocycles. The predicted octanol–water partition coefficient (Wildman–Crippen LogP) is 2.43. The predicted molar refractivity (Wildman–Crippen MR) is 79.2 cm³/mol. The summed E-state index contributed by atoms with van der Waals surface area (Å²) in [6.07, 6.45) is 1.77. The number of nitrogens with one attached hydrogen (secondary N) is 1. The van der Waals surface area contributed by atoms with Gasteiger partial charge in [-0.3, -0.25) is 9.59 Å². The summed E-state index contributed by atoms with van der Waals surface area (Å²) in [6, 6.07) is 3.97. The first-order valence-electron chi connectivity index (χ1n) is 6.85. The maximum Gasteiger partial charge on any atom is 0.308 e. The molecule has 2 rings (SSSR count). The number of aliphatic carboxylic acids is 1. The number of carboxylic acid groups (broad SMARTS) is 1. The molecule has 0 bridgehead atoms. The second-order valence-corrected chi connectivity index (χ2v) is 5.41. The zero-order valence-corrected chi connectivity index (χ0v) is 12.4. The number of carboxylic acids is 1. The first-order valence-corrected chi connectivity index (χ1v) is 6.85. The number of carbonyl (C=O) groups excluding carboxylic acids is 1. The second kappa shape index (κ2) is 5.99. The Balaban J connectivity index is 2.08. The van der Waals surface area contributed by atoms with Gasteiger partial charge in [0.1, 0.15) is 5.58 Å². The van der Waals surface area contributed by atoms with Crippen LogP contribution in [0.5, 0.6) is 0 Å². The summed E-state index contributed by atoms with van der Waals surface area (Å²) in [7, 11) is 0. The lowest BCUT2D eigenvalue weighted by Gasteiger charge is -2.08. The fraction of sp³-hybridized carbons (Fsp3) is 0.375. The van der Waals surface area contributed by atoms with Gasteiger partial charge in [-0.15, -0.1) is 0 Å². The molecule has 1 heterocycles. The first-order chi connectivity index (χ1) is 9.88. The molecule has 0 fully saturated rings. The third-order valence-electron chi connectivity index (χ3n) is 3.65. The third-order valence-corrected chi connectivity index (χ3v) is 3.65. The molecule has 0 saturated carbocycles. The van der Waals surface area contributed by atoms with Crippen LogP contribution < -0.4 is 5.32 Å². The maximum atomic E-state index is 11.9. The molecule has 2 aromatic rings. The van der Waals surface area contributed by atoms with Crippen molar-refractivity contribution in [1.29, 1.82) is 0 Å². The monoisotopic (exact) mass is 289 g/mol. The maximum absolute atomic E-state index is 11.9. The molecule has 0 aliphatic rings. The molecule has 0 saturated heterocycles. The number of rotatable bonds is 5. The molecule has 1 aromatic carbocycles. The van der Waals surface area contributed by atoms with Crippen molar-refractivity contribution in [2.45, 2.75) is 27.2 Å². The van der Waals surface area contributed by atoms with Gasteiger partial charge in [0.15, 0.2) is 0 Å². The minimum absolute atomic E-state index is 0.127. The van der Waals surface area contributed by atoms with Crippen molar-refractivity contribution in [3.63, 3.8) is 0 Å². The highest BCUT2D eigenvalue weighted by Gasteiger charge is 2.14. The molecule has 2 N–H and O–H groups in total. The van der Waals surface area contributed by atoms with Gasteiger partial charge in [-0.2, -0.15) is 0 Å². The topological polar surface area (TPSA) is 79.5 Å². The molecule has 5 heteroatoms. The number of aryl methyl sites for hydroxylation is 2. The van der Waals surface area contributed by atoms with Gasteiger partial charge in [0.2, 0.25) is 5.91 Å². The number of benzene rings is 1. The van der Waals surface area contributed by atoms with Crippen LogP contribution in [0, 0.1) is 19.8 Å². The van der Waals surface area contributed by atoms with Gasteiger partial charge in [0.25, 0.3) is 0 Å². The van der Waals surface area contributed by atoms with Crippen molar-refractivity contribution >= 4 is 22.8 Å². The average Bonchev–Trinajstić information content (AvgIpc) is 2.79. The highest BCUT2D eigenvalue weighted by molar-refractivity contribution is 5.88. The number of hydrogen-bond donors (Lipinski definition) is 2. The largest absolute Gasteiger partial charge is 0.481 e. The molecule has 0 spiro atoms.